The van der Waals surface area contributed by atoms with E-state index in [1.807, 2.05) is 0 Å². The summed E-state index contributed by atoms with van der Waals surface area (Å²) in [5.74, 6) is -5.30. The Kier molecular flexibility index (Phi) is 8.08. The van der Waals surface area contributed by atoms with Crippen LogP contribution in [0.1, 0.15) is 28.0 Å². The number of benzene rings is 2. The Hall–Kier alpha value is -4.09. The van der Waals surface area contributed by atoms with Crippen LogP contribution in [0.2, 0.25) is 5.02 Å². The Morgan fingerprint density at radius 3 is 2.70 bits per heavy atom. The maximum atomic E-state index is 13.6. The molecule has 1 aliphatic rings. The number of anilines is 1. The maximum absolute atomic E-state index is 13.6. The minimum Gasteiger partial charge on any atom is -0.343 e. The molecule has 1 saturated heterocycles. The van der Waals surface area contributed by atoms with Crippen LogP contribution in [0, 0.1) is 24.1 Å². The number of halogens is 4. The van der Waals surface area contributed by atoms with Gasteiger partial charge in [-0.15, -0.1) is 0 Å². The van der Waals surface area contributed by atoms with E-state index in [0.717, 1.165) is 23.1 Å². The zero-order chi connectivity index (χ0) is 29.2. The molecule has 2 heterocycles. The summed E-state index contributed by atoms with van der Waals surface area (Å²) in [7, 11) is -4.11. The topological polar surface area (TPSA) is 137 Å². The van der Waals surface area contributed by atoms with E-state index in [9.17, 15) is 31.2 Å². The van der Waals surface area contributed by atoms with Crippen LogP contribution in [0.5, 0.6) is 0 Å². The first-order valence-corrected chi connectivity index (χ1v) is 13.6. The third-order valence-corrected chi connectivity index (χ3v) is 7.90. The van der Waals surface area contributed by atoms with Gasteiger partial charge in [-0.3, -0.25) is 19.0 Å². The molecule has 3 aromatic rings. The Morgan fingerprint density at radius 2 is 2.00 bits per heavy atom. The number of nitrogens with one attached hydrogen (secondary N) is 2. The van der Waals surface area contributed by atoms with Crippen molar-refractivity contribution in [1.82, 2.24) is 20.0 Å². The molecule has 40 heavy (non-hydrogen) atoms. The fraction of sp³-hybridized carbons (Fsp3) is 0.280. The summed E-state index contributed by atoms with van der Waals surface area (Å²) in [6.07, 6.45) is 0.671. The van der Waals surface area contributed by atoms with Gasteiger partial charge >= 0.3 is 0 Å². The predicted molar refractivity (Wildman–Crippen MR) is 138 cm³/mol. The lowest BCUT2D eigenvalue weighted by Crippen LogP contribution is -2.43. The van der Waals surface area contributed by atoms with E-state index < -0.39 is 59.1 Å². The second-order valence-corrected chi connectivity index (χ2v) is 11.2. The van der Waals surface area contributed by atoms with Crippen molar-refractivity contribution < 1.29 is 31.2 Å². The minimum absolute atomic E-state index is 0.138. The SMILES string of the molecule is Cc1nn(Cc2cccc(NS(=O)(=O)c3ccc(F)cc3Cl)c2)cc1C(=O)NCC(=O)N1CC(F)(F)C[C@H]1C#N. The van der Waals surface area contributed by atoms with E-state index in [0.29, 0.717) is 11.3 Å². The number of hydrogen-bond acceptors (Lipinski definition) is 6. The van der Waals surface area contributed by atoms with Gasteiger partial charge < -0.3 is 10.2 Å². The van der Waals surface area contributed by atoms with Crippen molar-refractivity contribution in [3.63, 3.8) is 0 Å². The van der Waals surface area contributed by atoms with Crippen LogP contribution in [0.3, 0.4) is 0 Å². The van der Waals surface area contributed by atoms with Crippen LogP contribution in [0.15, 0.2) is 53.6 Å². The van der Waals surface area contributed by atoms with Crippen LogP contribution in [0.25, 0.3) is 0 Å². The first-order valence-electron chi connectivity index (χ1n) is 11.7. The van der Waals surface area contributed by atoms with E-state index >= 15 is 0 Å². The lowest BCUT2D eigenvalue weighted by molar-refractivity contribution is -0.131. The van der Waals surface area contributed by atoms with Gasteiger partial charge in [-0.05, 0) is 42.8 Å². The van der Waals surface area contributed by atoms with Gasteiger partial charge in [0, 0.05) is 18.3 Å². The number of aromatic nitrogens is 2. The molecule has 0 saturated carbocycles. The lowest BCUT2D eigenvalue weighted by Gasteiger charge is -2.19. The third-order valence-electron chi connectivity index (χ3n) is 6.04. The van der Waals surface area contributed by atoms with E-state index in [2.05, 4.69) is 15.1 Å². The van der Waals surface area contributed by atoms with Crippen LogP contribution in [-0.4, -0.2) is 60.0 Å². The number of amides is 2. The summed E-state index contributed by atoms with van der Waals surface area (Å²) >= 11 is 5.89. The van der Waals surface area contributed by atoms with Gasteiger partial charge in [0.05, 0.1) is 42.0 Å². The summed E-state index contributed by atoms with van der Waals surface area (Å²) in [6, 6.07) is 9.70. The van der Waals surface area contributed by atoms with Gasteiger partial charge in [0.25, 0.3) is 21.9 Å². The highest BCUT2D eigenvalue weighted by Gasteiger charge is 2.47. The van der Waals surface area contributed by atoms with Gasteiger partial charge in [0.15, 0.2) is 0 Å². The number of hydrogen-bond donors (Lipinski definition) is 2. The van der Waals surface area contributed by atoms with Crippen molar-refractivity contribution in [2.24, 2.45) is 0 Å². The van der Waals surface area contributed by atoms with Crippen molar-refractivity contribution in [1.29, 1.82) is 5.26 Å². The number of aryl methyl sites for hydroxylation is 1. The average molecular weight is 595 g/mol. The first-order chi connectivity index (χ1) is 18.8. The second-order valence-electron chi connectivity index (χ2n) is 9.12. The highest BCUT2D eigenvalue weighted by molar-refractivity contribution is 7.92. The van der Waals surface area contributed by atoms with E-state index in [-0.39, 0.29) is 27.7 Å². The number of sulfonamides is 1. The molecule has 0 unspecified atom stereocenters. The van der Waals surface area contributed by atoms with Gasteiger partial charge in [-0.25, -0.2) is 21.6 Å². The van der Waals surface area contributed by atoms with Gasteiger partial charge in [0.2, 0.25) is 5.91 Å². The van der Waals surface area contributed by atoms with Crippen molar-refractivity contribution in [2.45, 2.75) is 36.7 Å². The van der Waals surface area contributed by atoms with Crippen molar-refractivity contribution in [2.75, 3.05) is 17.8 Å². The molecule has 210 valence electrons. The molecule has 2 N–H and O–H groups in total. The largest absolute Gasteiger partial charge is 0.343 e. The highest BCUT2D eigenvalue weighted by Crippen LogP contribution is 2.31. The lowest BCUT2D eigenvalue weighted by atomic mass is 10.2. The number of nitrogens with zero attached hydrogens (tertiary/aromatic N) is 4. The van der Waals surface area contributed by atoms with Gasteiger partial charge in [0.1, 0.15) is 16.8 Å². The fourth-order valence-corrected chi connectivity index (χ4v) is 5.77. The zero-order valence-electron chi connectivity index (χ0n) is 20.9. The smallest absolute Gasteiger partial charge is 0.268 e. The standard InChI is InChI=1S/C25H22ClF3N6O4S/c1-15-20(24(37)31-11-23(36)35-14-25(28,29)9-19(35)10-30)13-34(32-15)12-16-3-2-4-18(7-16)33-40(38,39)22-6-5-17(27)8-21(22)26/h2-8,13,19,33H,9,11-12,14H2,1H3,(H,31,37)/t19-/m0/s1. The first kappa shape index (κ1) is 28.9. The van der Waals surface area contributed by atoms with Crippen molar-refractivity contribution in [3.8, 4) is 6.07 Å². The fourth-order valence-electron chi connectivity index (χ4n) is 4.19. The number of rotatable bonds is 8. The van der Waals surface area contributed by atoms with E-state index in [4.69, 9.17) is 16.9 Å². The molecular formula is C25H22ClF3N6O4S. The highest BCUT2D eigenvalue weighted by atomic mass is 35.5. The molecule has 1 aliphatic heterocycles. The van der Waals surface area contributed by atoms with Gasteiger partial charge in [-0.1, -0.05) is 23.7 Å². The summed E-state index contributed by atoms with van der Waals surface area (Å²) in [4.78, 5) is 25.5. The molecule has 0 bridgehead atoms. The molecule has 10 nitrogen and oxygen atoms in total. The number of nitriles is 1. The Bertz CT molecular complexity index is 1620. The molecule has 2 aromatic carbocycles. The zero-order valence-corrected chi connectivity index (χ0v) is 22.4. The molecule has 15 heteroatoms. The molecule has 4 rings (SSSR count). The van der Waals surface area contributed by atoms with Crippen LogP contribution in [0.4, 0.5) is 18.9 Å². The second kappa shape index (κ2) is 11.2. The number of carbonyl (C=O) groups excluding carboxylic acids is 2. The maximum Gasteiger partial charge on any atom is 0.268 e. The van der Waals surface area contributed by atoms with Gasteiger partial charge in [-0.2, -0.15) is 10.4 Å². The van der Waals surface area contributed by atoms with Crippen LogP contribution in [-0.2, 0) is 21.4 Å². The average Bonchev–Trinajstić information content (AvgIpc) is 3.39. The summed E-state index contributed by atoms with van der Waals surface area (Å²) in [5.41, 5.74) is 1.29. The molecule has 2 amide bonds. The monoisotopic (exact) mass is 594 g/mol. The summed E-state index contributed by atoms with van der Waals surface area (Å²) in [5, 5.41) is 15.4. The van der Waals surface area contributed by atoms with E-state index in [1.165, 1.54) is 16.9 Å². The van der Waals surface area contributed by atoms with E-state index in [1.54, 1.807) is 31.2 Å². The predicted octanol–water partition coefficient (Wildman–Crippen LogP) is 3.32. The number of alkyl halides is 2. The molecule has 1 aromatic heterocycles. The summed E-state index contributed by atoms with van der Waals surface area (Å²) in [6.45, 7) is 0.255. The molecule has 0 aliphatic carbocycles. The Labute approximate surface area is 232 Å². The quantitative estimate of drug-likeness (QED) is 0.410. The molecular weight excluding hydrogens is 573 g/mol. The molecule has 0 radical (unpaired) electrons. The molecule has 1 atom stereocenters. The summed E-state index contributed by atoms with van der Waals surface area (Å²) < 4.78 is 69.8. The van der Waals surface area contributed by atoms with Crippen molar-refractivity contribution >= 4 is 39.1 Å². The minimum atomic E-state index is -4.11. The molecule has 0 spiro atoms. The number of carbonyl (C=O) groups is 2. The Morgan fingerprint density at radius 1 is 1.25 bits per heavy atom. The third kappa shape index (κ3) is 6.54. The Balaban J connectivity index is 1.40. The normalized spacial score (nSPS) is 16.4. The number of likely N-dealkylation sites (tertiary alicyclic amines) is 1. The van der Waals surface area contributed by atoms with Crippen LogP contribution < -0.4 is 10.0 Å². The van der Waals surface area contributed by atoms with Crippen molar-refractivity contribution in [3.05, 3.63) is 76.3 Å². The van der Waals surface area contributed by atoms with Crippen LogP contribution >= 0.6 is 11.6 Å². The molecule has 1 fully saturated rings.